The van der Waals surface area contributed by atoms with Crippen molar-refractivity contribution in [3.05, 3.63) is 0 Å². The fraction of sp³-hybridized carbons (Fsp3) is 0.769. The van der Waals surface area contributed by atoms with Crippen LogP contribution in [-0.2, 0) is 14.3 Å². The Morgan fingerprint density at radius 1 is 1.43 bits per heavy atom. The van der Waals surface area contributed by atoms with Gasteiger partial charge in [-0.25, -0.2) is 4.79 Å². The minimum Gasteiger partial charge on any atom is -0.481 e. The Labute approximate surface area is 123 Å². The molecule has 3 N–H and O–H groups in total. The Hall–Kier alpha value is -1.83. The van der Waals surface area contributed by atoms with E-state index in [1.165, 1.54) is 11.9 Å². The number of morpholine rings is 1. The van der Waals surface area contributed by atoms with Gasteiger partial charge in [0.1, 0.15) is 6.04 Å². The van der Waals surface area contributed by atoms with Gasteiger partial charge < -0.3 is 25.4 Å². The highest BCUT2D eigenvalue weighted by molar-refractivity contribution is 5.87. The number of rotatable bonds is 6. The summed E-state index contributed by atoms with van der Waals surface area (Å²) in [6, 6.07) is -1.10. The van der Waals surface area contributed by atoms with Crippen molar-refractivity contribution in [2.24, 2.45) is 0 Å². The molecule has 1 saturated heterocycles. The predicted molar refractivity (Wildman–Crippen MR) is 74.9 cm³/mol. The summed E-state index contributed by atoms with van der Waals surface area (Å²) in [6.07, 6.45) is 1.16. The quantitative estimate of drug-likeness (QED) is 0.629. The van der Waals surface area contributed by atoms with E-state index in [9.17, 15) is 14.4 Å². The minimum absolute atomic E-state index is 0.0820. The van der Waals surface area contributed by atoms with Crippen LogP contribution in [0.3, 0.4) is 0 Å². The molecule has 0 spiro atoms. The maximum absolute atomic E-state index is 12.2. The van der Waals surface area contributed by atoms with E-state index < -0.39 is 12.0 Å². The molecule has 21 heavy (non-hydrogen) atoms. The molecule has 2 unspecified atom stereocenters. The van der Waals surface area contributed by atoms with Gasteiger partial charge >= 0.3 is 12.0 Å². The number of amides is 3. The van der Waals surface area contributed by atoms with Crippen LogP contribution >= 0.6 is 0 Å². The maximum Gasteiger partial charge on any atom is 0.318 e. The fourth-order valence-electron chi connectivity index (χ4n) is 2.16. The van der Waals surface area contributed by atoms with Crippen molar-refractivity contribution in [1.82, 2.24) is 15.5 Å². The Balaban J connectivity index is 2.47. The fourth-order valence-corrected chi connectivity index (χ4v) is 2.16. The molecule has 1 rings (SSSR count). The first-order valence-electron chi connectivity index (χ1n) is 7.04. The van der Waals surface area contributed by atoms with Crippen LogP contribution in [0.15, 0.2) is 0 Å². The van der Waals surface area contributed by atoms with E-state index in [1.54, 1.807) is 0 Å². The van der Waals surface area contributed by atoms with Crippen molar-refractivity contribution in [1.29, 1.82) is 0 Å². The maximum atomic E-state index is 12.2. The van der Waals surface area contributed by atoms with Crippen molar-refractivity contribution in [3.8, 4) is 0 Å². The van der Waals surface area contributed by atoms with Crippen LogP contribution in [0.25, 0.3) is 0 Å². The normalized spacial score (nSPS) is 19.7. The van der Waals surface area contributed by atoms with Gasteiger partial charge in [0.05, 0.1) is 13.2 Å². The van der Waals surface area contributed by atoms with Crippen molar-refractivity contribution in [3.63, 3.8) is 0 Å². The van der Waals surface area contributed by atoms with E-state index in [0.29, 0.717) is 26.0 Å². The van der Waals surface area contributed by atoms with Crippen molar-refractivity contribution in [2.75, 3.05) is 26.8 Å². The van der Waals surface area contributed by atoms with Crippen LogP contribution < -0.4 is 10.6 Å². The molecule has 8 nitrogen and oxygen atoms in total. The molecule has 0 aromatic heterocycles. The summed E-state index contributed by atoms with van der Waals surface area (Å²) in [5.74, 6) is -1.11. The number of aliphatic carboxylic acids is 1. The lowest BCUT2D eigenvalue weighted by Gasteiger charge is -2.35. The van der Waals surface area contributed by atoms with E-state index >= 15 is 0 Å². The zero-order valence-electron chi connectivity index (χ0n) is 12.4. The van der Waals surface area contributed by atoms with Crippen molar-refractivity contribution < 1.29 is 24.2 Å². The number of hydrogen-bond donors (Lipinski definition) is 3. The smallest absolute Gasteiger partial charge is 0.318 e. The summed E-state index contributed by atoms with van der Waals surface area (Å²) in [7, 11) is 1.52. The predicted octanol–water partition coefficient (Wildman–Crippen LogP) is -0.214. The average molecular weight is 301 g/mol. The summed E-state index contributed by atoms with van der Waals surface area (Å²) < 4.78 is 5.23. The van der Waals surface area contributed by atoms with Gasteiger partial charge in [-0.3, -0.25) is 9.59 Å². The van der Waals surface area contributed by atoms with E-state index in [-0.39, 0.29) is 31.0 Å². The van der Waals surface area contributed by atoms with Crippen LogP contribution in [0.1, 0.15) is 26.2 Å². The van der Waals surface area contributed by atoms with Gasteiger partial charge in [-0.2, -0.15) is 0 Å². The molecule has 0 saturated carbocycles. The summed E-state index contributed by atoms with van der Waals surface area (Å²) in [5, 5.41) is 13.9. The second-order valence-electron chi connectivity index (χ2n) is 5.03. The largest absolute Gasteiger partial charge is 0.481 e. The zero-order valence-corrected chi connectivity index (χ0v) is 12.4. The first-order valence-corrected chi connectivity index (χ1v) is 7.04. The third-order valence-corrected chi connectivity index (χ3v) is 3.34. The molecule has 120 valence electrons. The minimum atomic E-state index is -0.846. The number of carboxylic acids is 1. The van der Waals surface area contributed by atoms with Gasteiger partial charge in [0.2, 0.25) is 5.91 Å². The standard InChI is InChI=1S/C13H23N3O5/c1-9(4-3-5-11(17)18)15-13(20)16-6-7-21-8-10(16)12(19)14-2/h9-10H,3-8H2,1-2H3,(H,14,19)(H,15,20)(H,17,18). The number of nitrogens with one attached hydrogen (secondary N) is 2. The van der Waals surface area contributed by atoms with Crippen LogP contribution in [0.2, 0.25) is 0 Å². The Morgan fingerprint density at radius 3 is 2.76 bits per heavy atom. The number of carboxylic acid groups (broad SMARTS) is 1. The second kappa shape index (κ2) is 8.46. The molecule has 1 aliphatic heterocycles. The molecular weight excluding hydrogens is 278 g/mol. The first kappa shape index (κ1) is 17.2. The molecule has 3 amide bonds. The number of carbonyl (C=O) groups excluding carboxylic acids is 2. The Kier molecular flexibility index (Phi) is 6.93. The van der Waals surface area contributed by atoms with Gasteiger partial charge in [-0.05, 0) is 19.8 Å². The van der Waals surface area contributed by atoms with Crippen molar-refractivity contribution in [2.45, 2.75) is 38.3 Å². The van der Waals surface area contributed by atoms with Crippen LogP contribution in [0.5, 0.6) is 0 Å². The topological polar surface area (TPSA) is 108 Å². The monoisotopic (exact) mass is 301 g/mol. The molecule has 2 atom stereocenters. The van der Waals surface area contributed by atoms with Crippen LogP contribution in [0.4, 0.5) is 4.79 Å². The summed E-state index contributed by atoms with van der Waals surface area (Å²) in [4.78, 5) is 35.8. The number of hydrogen-bond acceptors (Lipinski definition) is 4. The van der Waals surface area contributed by atoms with E-state index in [4.69, 9.17) is 9.84 Å². The molecule has 1 fully saturated rings. The number of likely N-dealkylation sites (N-methyl/N-ethyl adjacent to an activating group) is 1. The van der Waals surface area contributed by atoms with Crippen molar-refractivity contribution >= 4 is 17.9 Å². The highest BCUT2D eigenvalue weighted by Gasteiger charge is 2.32. The molecule has 0 radical (unpaired) electrons. The SMILES string of the molecule is CNC(=O)C1COCCN1C(=O)NC(C)CCCC(=O)O. The Bertz CT molecular complexity index is 388. The summed E-state index contributed by atoms with van der Waals surface area (Å²) in [6.45, 7) is 2.75. The lowest BCUT2D eigenvalue weighted by atomic mass is 10.1. The molecule has 1 heterocycles. The lowest BCUT2D eigenvalue weighted by Crippen LogP contribution is -2.58. The first-order chi connectivity index (χ1) is 9.95. The molecule has 0 bridgehead atoms. The van der Waals surface area contributed by atoms with Gasteiger partial charge in [-0.1, -0.05) is 0 Å². The molecule has 0 aromatic rings. The van der Waals surface area contributed by atoms with E-state index in [0.717, 1.165) is 0 Å². The van der Waals surface area contributed by atoms with Gasteiger partial charge in [0.15, 0.2) is 0 Å². The highest BCUT2D eigenvalue weighted by atomic mass is 16.5. The lowest BCUT2D eigenvalue weighted by molar-refractivity contribution is -0.137. The highest BCUT2D eigenvalue weighted by Crippen LogP contribution is 2.09. The van der Waals surface area contributed by atoms with E-state index in [2.05, 4.69) is 10.6 Å². The number of urea groups is 1. The number of nitrogens with zero attached hydrogens (tertiary/aromatic N) is 1. The van der Waals surface area contributed by atoms with Gasteiger partial charge in [-0.15, -0.1) is 0 Å². The molecule has 0 aliphatic carbocycles. The molecule has 8 heteroatoms. The van der Waals surface area contributed by atoms with Gasteiger partial charge in [0, 0.05) is 26.1 Å². The number of ether oxygens (including phenoxy) is 1. The third-order valence-electron chi connectivity index (χ3n) is 3.34. The summed E-state index contributed by atoms with van der Waals surface area (Å²) in [5.41, 5.74) is 0. The second-order valence-corrected chi connectivity index (χ2v) is 5.03. The molecule has 1 aliphatic rings. The number of carbonyl (C=O) groups is 3. The van der Waals surface area contributed by atoms with Gasteiger partial charge in [0.25, 0.3) is 0 Å². The molecular formula is C13H23N3O5. The van der Waals surface area contributed by atoms with Crippen LogP contribution in [-0.4, -0.2) is 66.8 Å². The molecule has 0 aromatic carbocycles. The zero-order chi connectivity index (χ0) is 15.8. The van der Waals surface area contributed by atoms with E-state index in [1.807, 2.05) is 6.92 Å². The third kappa shape index (κ3) is 5.58. The summed E-state index contributed by atoms with van der Waals surface area (Å²) >= 11 is 0. The Morgan fingerprint density at radius 2 is 2.14 bits per heavy atom. The average Bonchev–Trinajstić information content (AvgIpc) is 2.45. The van der Waals surface area contributed by atoms with Crippen LogP contribution in [0, 0.1) is 0 Å².